The molecule has 3 N–H and O–H groups in total. The number of nitrogens with one attached hydrogen (secondary N) is 1. The summed E-state index contributed by atoms with van der Waals surface area (Å²) in [5.74, 6) is 0. The van der Waals surface area contributed by atoms with Gasteiger partial charge in [0.2, 0.25) is 0 Å². The molecule has 0 aromatic carbocycles. The van der Waals surface area contributed by atoms with Crippen LogP contribution in [0.5, 0.6) is 0 Å². The smallest absolute Gasteiger partial charge is 0.159 e. The molecule has 1 rings (SSSR count). The first-order valence-electron chi connectivity index (χ1n) is 2.45. The minimum Gasteiger partial charge on any atom is -0.390 e. The number of hydrogen-bond donors (Lipinski definition) is 2. The van der Waals surface area contributed by atoms with Crippen LogP contribution in [0.4, 0.5) is 0 Å². The average molecular weight is 132 g/mol. The summed E-state index contributed by atoms with van der Waals surface area (Å²) in [6.45, 7) is 1.56. The first-order chi connectivity index (χ1) is 3.80. The monoisotopic (exact) mass is 132 g/mol. The van der Waals surface area contributed by atoms with Crippen molar-refractivity contribution < 1.29 is 4.74 Å². The van der Waals surface area contributed by atoms with Crippen molar-refractivity contribution in [3.05, 3.63) is 0 Å². The van der Waals surface area contributed by atoms with E-state index in [1.165, 1.54) is 0 Å². The fourth-order valence-corrected chi connectivity index (χ4v) is 0.760. The molecule has 0 saturated carbocycles. The van der Waals surface area contributed by atoms with Crippen LogP contribution in [0.1, 0.15) is 0 Å². The normalized spacial score (nSPS) is 28.2. The number of nitrogens with two attached hydrogens (primary N) is 1. The Labute approximate surface area is 53.2 Å². The molecule has 0 aliphatic carbocycles. The second-order valence-corrected chi connectivity index (χ2v) is 2.08. The SMILES string of the molecule is NC(=S)C1NCCO1. The van der Waals surface area contributed by atoms with Crippen LogP contribution >= 0.6 is 12.2 Å². The molecule has 1 atom stereocenters. The van der Waals surface area contributed by atoms with E-state index in [9.17, 15) is 0 Å². The van der Waals surface area contributed by atoms with E-state index in [0.29, 0.717) is 11.6 Å². The molecule has 46 valence electrons. The van der Waals surface area contributed by atoms with Gasteiger partial charge in [0.15, 0.2) is 6.23 Å². The maximum atomic E-state index is 5.24. The molecule has 0 amide bonds. The van der Waals surface area contributed by atoms with E-state index in [1.54, 1.807) is 0 Å². The summed E-state index contributed by atoms with van der Waals surface area (Å²) in [6, 6.07) is 0. The quantitative estimate of drug-likeness (QED) is 0.459. The number of thiocarbonyl (C=S) groups is 1. The highest BCUT2D eigenvalue weighted by atomic mass is 32.1. The predicted molar refractivity (Wildman–Crippen MR) is 34.5 cm³/mol. The van der Waals surface area contributed by atoms with Crippen LogP contribution in [0, 0.1) is 0 Å². The van der Waals surface area contributed by atoms with Crippen molar-refractivity contribution in [2.45, 2.75) is 6.23 Å². The summed E-state index contributed by atoms with van der Waals surface area (Å²) >= 11 is 4.65. The number of rotatable bonds is 1. The Balaban J connectivity index is 2.35. The molecule has 8 heavy (non-hydrogen) atoms. The van der Waals surface area contributed by atoms with Crippen LogP contribution in [-0.4, -0.2) is 24.4 Å². The fraction of sp³-hybridized carbons (Fsp3) is 0.750. The molecule has 0 aromatic heterocycles. The highest BCUT2D eigenvalue weighted by molar-refractivity contribution is 7.80. The lowest BCUT2D eigenvalue weighted by atomic mass is 10.6. The Hall–Kier alpha value is -0.190. The van der Waals surface area contributed by atoms with Gasteiger partial charge in [0, 0.05) is 6.54 Å². The average Bonchev–Trinajstić information content (AvgIpc) is 2.12. The Bertz CT molecular complexity index is 100. The van der Waals surface area contributed by atoms with Gasteiger partial charge in [-0.05, 0) is 0 Å². The molecule has 1 fully saturated rings. The van der Waals surface area contributed by atoms with E-state index in [-0.39, 0.29) is 6.23 Å². The van der Waals surface area contributed by atoms with Crippen molar-refractivity contribution in [1.82, 2.24) is 5.32 Å². The predicted octanol–water partition coefficient (Wildman–Crippen LogP) is -0.782. The van der Waals surface area contributed by atoms with Gasteiger partial charge in [-0.1, -0.05) is 12.2 Å². The van der Waals surface area contributed by atoms with Crippen LogP contribution in [0.15, 0.2) is 0 Å². The molecule has 1 saturated heterocycles. The highest BCUT2D eigenvalue weighted by Crippen LogP contribution is 1.93. The summed E-state index contributed by atoms with van der Waals surface area (Å²) in [7, 11) is 0. The van der Waals surface area contributed by atoms with Gasteiger partial charge in [0.1, 0.15) is 4.99 Å². The Morgan fingerprint density at radius 1 is 1.88 bits per heavy atom. The second kappa shape index (κ2) is 2.39. The standard InChI is InChI=1S/C4H8N2OS/c5-3(8)4-6-1-2-7-4/h4,6H,1-2H2,(H2,5,8). The maximum absolute atomic E-state index is 5.24. The third-order valence-electron chi connectivity index (χ3n) is 0.975. The van der Waals surface area contributed by atoms with E-state index < -0.39 is 0 Å². The number of ether oxygens (including phenoxy) is 1. The Morgan fingerprint density at radius 3 is 2.88 bits per heavy atom. The topological polar surface area (TPSA) is 47.3 Å². The Morgan fingerprint density at radius 2 is 2.62 bits per heavy atom. The van der Waals surface area contributed by atoms with Crippen molar-refractivity contribution in [3.63, 3.8) is 0 Å². The molecule has 1 aliphatic heterocycles. The zero-order chi connectivity index (χ0) is 5.98. The molecular formula is C4H8N2OS. The van der Waals surface area contributed by atoms with Crippen LogP contribution in [-0.2, 0) is 4.74 Å². The van der Waals surface area contributed by atoms with Crippen LogP contribution in [0.3, 0.4) is 0 Å². The van der Waals surface area contributed by atoms with Crippen LogP contribution in [0.25, 0.3) is 0 Å². The molecule has 0 aromatic rings. The molecule has 1 heterocycles. The summed E-state index contributed by atoms with van der Waals surface area (Å²) in [6.07, 6.45) is -0.176. The van der Waals surface area contributed by atoms with E-state index in [0.717, 1.165) is 6.54 Å². The number of hydrogen-bond acceptors (Lipinski definition) is 3. The molecule has 4 heteroatoms. The van der Waals surface area contributed by atoms with Gasteiger partial charge in [-0.3, -0.25) is 5.32 Å². The van der Waals surface area contributed by atoms with Crippen molar-refractivity contribution in [2.75, 3.05) is 13.2 Å². The van der Waals surface area contributed by atoms with E-state index in [4.69, 9.17) is 10.5 Å². The lowest BCUT2D eigenvalue weighted by molar-refractivity contribution is 0.153. The van der Waals surface area contributed by atoms with E-state index >= 15 is 0 Å². The first kappa shape index (κ1) is 5.94. The van der Waals surface area contributed by atoms with Crippen LogP contribution < -0.4 is 11.1 Å². The lowest BCUT2D eigenvalue weighted by Crippen LogP contribution is -2.35. The summed E-state index contributed by atoms with van der Waals surface area (Å²) in [5.41, 5.74) is 5.24. The van der Waals surface area contributed by atoms with E-state index in [1.807, 2.05) is 0 Å². The first-order valence-corrected chi connectivity index (χ1v) is 2.86. The zero-order valence-corrected chi connectivity index (χ0v) is 5.20. The van der Waals surface area contributed by atoms with Gasteiger partial charge < -0.3 is 10.5 Å². The van der Waals surface area contributed by atoms with Crippen molar-refractivity contribution in [3.8, 4) is 0 Å². The van der Waals surface area contributed by atoms with Gasteiger partial charge in [-0.25, -0.2) is 0 Å². The maximum Gasteiger partial charge on any atom is 0.159 e. The van der Waals surface area contributed by atoms with Gasteiger partial charge in [0.05, 0.1) is 6.61 Å². The molecule has 0 spiro atoms. The van der Waals surface area contributed by atoms with Gasteiger partial charge in [-0.2, -0.15) is 0 Å². The summed E-state index contributed by atoms with van der Waals surface area (Å²) in [4.78, 5) is 0.391. The van der Waals surface area contributed by atoms with Crippen LogP contribution in [0.2, 0.25) is 0 Å². The minimum absolute atomic E-state index is 0.176. The molecular weight excluding hydrogens is 124 g/mol. The van der Waals surface area contributed by atoms with Gasteiger partial charge in [0.25, 0.3) is 0 Å². The summed E-state index contributed by atoms with van der Waals surface area (Å²) in [5, 5.41) is 2.97. The van der Waals surface area contributed by atoms with Gasteiger partial charge in [-0.15, -0.1) is 0 Å². The molecule has 3 nitrogen and oxygen atoms in total. The molecule has 1 unspecified atom stereocenters. The van der Waals surface area contributed by atoms with Gasteiger partial charge >= 0.3 is 0 Å². The van der Waals surface area contributed by atoms with Crippen molar-refractivity contribution in [1.29, 1.82) is 0 Å². The van der Waals surface area contributed by atoms with Crippen molar-refractivity contribution >= 4 is 17.2 Å². The third-order valence-corrected chi connectivity index (χ3v) is 1.19. The molecule has 1 aliphatic rings. The third kappa shape index (κ3) is 1.15. The highest BCUT2D eigenvalue weighted by Gasteiger charge is 2.15. The largest absolute Gasteiger partial charge is 0.390 e. The summed E-state index contributed by atoms with van der Waals surface area (Å²) < 4.78 is 5.04. The molecule has 0 radical (unpaired) electrons. The second-order valence-electron chi connectivity index (χ2n) is 1.61. The fourth-order valence-electron chi connectivity index (χ4n) is 0.608. The zero-order valence-electron chi connectivity index (χ0n) is 4.39. The Kier molecular flexibility index (Phi) is 1.77. The molecule has 0 bridgehead atoms. The van der Waals surface area contributed by atoms with E-state index in [2.05, 4.69) is 17.5 Å². The minimum atomic E-state index is -0.176. The van der Waals surface area contributed by atoms with Crippen molar-refractivity contribution in [2.24, 2.45) is 5.73 Å². The lowest BCUT2D eigenvalue weighted by Gasteiger charge is -2.04.